The summed E-state index contributed by atoms with van der Waals surface area (Å²) in [6.45, 7) is 5.05. The minimum Gasteiger partial charge on any atom is -0.490 e. The molecule has 0 aromatic heterocycles. The highest BCUT2D eigenvalue weighted by Gasteiger charge is 2.29. The third kappa shape index (κ3) is 4.83. The normalized spacial score (nSPS) is 19.1. The summed E-state index contributed by atoms with van der Waals surface area (Å²) in [5.74, 6) is 1.21. The van der Waals surface area contributed by atoms with Crippen molar-refractivity contribution in [3.05, 3.63) is 59.4 Å². The molecule has 1 fully saturated rings. The largest absolute Gasteiger partial charge is 0.490 e. The van der Waals surface area contributed by atoms with Crippen LogP contribution in [0.25, 0.3) is 0 Å². The lowest BCUT2D eigenvalue weighted by atomic mass is 9.79. The van der Waals surface area contributed by atoms with Gasteiger partial charge in [-0.1, -0.05) is 18.9 Å². The first kappa shape index (κ1) is 20.2. The van der Waals surface area contributed by atoms with Gasteiger partial charge in [0.25, 0.3) is 5.91 Å². The maximum atomic E-state index is 13.1. The summed E-state index contributed by atoms with van der Waals surface area (Å²) in [7, 11) is 0. The van der Waals surface area contributed by atoms with E-state index in [0.717, 1.165) is 42.7 Å². The summed E-state index contributed by atoms with van der Waals surface area (Å²) in [5, 5.41) is 3.16. The van der Waals surface area contributed by atoms with Crippen molar-refractivity contribution in [1.82, 2.24) is 5.32 Å². The van der Waals surface area contributed by atoms with Gasteiger partial charge in [0.2, 0.25) is 0 Å². The average Bonchev–Trinajstić information content (AvgIpc) is 2.70. The number of carbonyl (C=O) groups excluding carboxylic acids is 1. The van der Waals surface area contributed by atoms with E-state index in [-0.39, 0.29) is 23.7 Å². The Morgan fingerprint density at radius 2 is 1.68 bits per heavy atom. The monoisotopic (exact) mass is 385 g/mol. The molecule has 2 unspecified atom stereocenters. The van der Waals surface area contributed by atoms with E-state index in [1.165, 1.54) is 24.3 Å². The van der Waals surface area contributed by atoms with Crippen LogP contribution >= 0.6 is 0 Å². The lowest BCUT2D eigenvalue weighted by Crippen LogP contribution is -2.41. The van der Waals surface area contributed by atoms with E-state index in [2.05, 4.69) is 11.4 Å². The van der Waals surface area contributed by atoms with Gasteiger partial charge in [0.15, 0.2) is 11.5 Å². The molecule has 0 aliphatic heterocycles. The lowest BCUT2D eigenvalue weighted by Gasteiger charge is -2.33. The van der Waals surface area contributed by atoms with Crippen LogP contribution in [0.1, 0.15) is 61.4 Å². The third-order valence-electron chi connectivity index (χ3n) is 5.18. The van der Waals surface area contributed by atoms with E-state index in [1.54, 1.807) is 0 Å². The van der Waals surface area contributed by atoms with Gasteiger partial charge in [-0.3, -0.25) is 4.79 Å². The van der Waals surface area contributed by atoms with E-state index in [1.807, 2.05) is 26.0 Å². The standard InChI is InChI=1S/C23H28FNO3/c1-3-27-21-14-11-17(15-22(21)28-4-2)19-7-5-6-8-20(19)25-23(26)16-9-12-18(24)13-10-16/h9-15,19-20H,3-8H2,1-2H3,(H,25,26). The second-order valence-corrected chi connectivity index (χ2v) is 7.05. The highest BCUT2D eigenvalue weighted by molar-refractivity contribution is 5.94. The van der Waals surface area contributed by atoms with Crippen LogP contribution in [0.3, 0.4) is 0 Å². The van der Waals surface area contributed by atoms with Gasteiger partial charge in [-0.15, -0.1) is 0 Å². The summed E-state index contributed by atoms with van der Waals surface area (Å²) in [4.78, 5) is 12.6. The van der Waals surface area contributed by atoms with Crippen LogP contribution in [0.5, 0.6) is 11.5 Å². The SMILES string of the molecule is CCOc1ccc(C2CCCCC2NC(=O)c2ccc(F)cc2)cc1OCC. The molecular weight excluding hydrogens is 357 g/mol. The van der Waals surface area contributed by atoms with Crippen molar-refractivity contribution in [1.29, 1.82) is 0 Å². The molecular formula is C23H28FNO3. The van der Waals surface area contributed by atoms with E-state index < -0.39 is 0 Å². The highest BCUT2D eigenvalue weighted by atomic mass is 19.1. The summed E-state index contributed by atoms with van der Waals surface area (Å²) in [5.41, 5.74) is 1.63. The van der Waals surface area contributed by atoms with Gasteiger partial charge >= 0.3 is 0 Å². The summed E-state index contributed by atoms with van der Waals surface area (Å²) >= 11 is 0. The zero-order valence-corrected chi connectivity index (χ0v) is 16.5. The van der Waals surface area contributed by atoms with E-state index in [0.29, 0.717) is 18.8 Å². The number of hydrogen-bond donors (Lipinski definition) is 1. The molecule has 0 radical (unpaired) electrons. The smallest absolute Gasteiger partial charge is 0.251 e. The fourth-order valence-corrected chi connectivity index (χ4v) is 3.85. The minimum atomic E-state index is -0.343. The molecule has 0 spiro atoms. The number of benzene rings is 2. The molecule has 28 heavy (non-hydrogen) atoms. The third-order valence-corrected chi connectivity index (χ3v) is 5.18. The summed E-state index contributed by atoms with van der Waals surface area (Å²) in [6.07, 6.45) is 4.15. The fourth-order valence-electron chi connectivity index (χ4n) is 3.85. The zero-order chi connectivity index (χ0) is 19.9. The second-order valence-electron chi connectivity index (χ2n) is 7.05. The molecule has 1 N–H and O–H groups in total. The Morgan fingerprint density at radius 1 is 1.00 bits per heavy atom. The Hall–Kier alpha value is -2.56. The summed E-state index contributed by atoms with van der Waals surface area (Å²) in [6, 6.07) is 11.8. The van der Waals surface area contributed by atoms with Crippen LogP contribution in [0, 0.1) is 5.82 Å². The Morgan fingerprint density at radius 3 is 2.39 bits per heavy atom. The molecule has 0 heterocycles. The topological polar surface area (TPSA) is 47.6 Å². The maximum absolute atomic E-state index is 13.1. The van der Waals surface area contributed by atoms with E-state index >= 15 is 0 Å². The fraction of sp³-hybridized carbons (Fsp3) is 0.435. The second kappa shape index (κ2) is 9.58. The van der Waals surface area contributed by atoms with Crippen molar-refractivity contribution in [3.8, 4) is 11.5 Å². The van der Waals surface area contributed by atoms with Crippen molar-refractivity contribution < 1.29 is 18.7 Å². The molecule has 2 aromatic rings. The van der Waals surface area contributed by atoms with E-state index in [9.17, 15) is 9.18 Å². The van der Waals surface area contributed by atoms with Crippen molar-refractivity contribution >= 4 is 5.91 Å². The maximum Gasteiger partial charge on any atom is 0.251 e. The van der Waals surface area contributed by atoms with Crippen LogP contribution in [0.4, 0.5) is 4.39 Å². The molecule has 2 aromatic carbocycles. The van der Waals surface area contributed by atoms with Crippen LogP contribution in [0.15, 0.2) is 42.5 Å². The van der Waals surface area contributed by atoms with Crippen LogP contribution < -0.4 is 14.8 Å². The first-order valence-electron chi connectivity index (χ1n) is 10.1. The van der Waals surface area contributed by atoms with Gasteiger partial charge in [0.05, 0.1) is 13.2 Å². The summed E-state index contributed by atoms with van der Waals surface area (Å²) < 4.78 is 24.6. The number of nitrogens with one attached hydrogen (secondary N) is 1. The van der Waals surface area contributed by atoms with E-state index in [4.69, 9.17) is 9.47 Å². The van der Waals surface area contributed by atoms with Crippen molar-refractivity contribution in [2.75, 3.05) is 13.2 Å². The van der Waals surface area contributed by atoms with Crippen LogP contribution in [-0.2, 0) is 0 Å². The number of amides is 1. The minimum absolute atomic E-state index is 0.0405. The molecule has 0 saturated heterocycles. The lowest BCUT2D eigenvalue weighted by molar-refractivity contribution is 0.0920. The molecule has 1 aliphatic carbocycles. The van der Waals surface area contributed by atoms with Crippen molar-refractivity contribution in [2.24, 2.45) is 0 Å². The first-order chi connectivity index (χ1) is 13.6. The van der Waals surface area contributed by atoms with Crippen molar-refractivity contribution in [2.45, 2.75) is 51.5 Å². The number of halogens is 1. The Balaban J connectivity index is 1.79. The molecule has 150 valence electrons. The molecule has 3 rings (SSSR count). The van der Waals surface area contributed by atoms with Gasteiger partial charge in [-0.05, 0) is 68.7 Å². The molecule has 1 amide bonds. The molecule has 0 bridgehead atoms. The quantitative estimate of drug-likeness (QED) is 0.723. The van der Waals surface area contributed by atoms with Gasteiger partial charge < -0.3 is 14.8 Å². The van der Waals surface area contributed by atoms with Gasteiger partial charge in [0.1, 0.15) is 5.82 Å². The number of rotatable bonds is 7. The predicted molar refractivity (Wildman–Crippen MR) is 108 cm³/mol. The number of hydrogen-bond acceptors (Lipinski definition) is 3. The Labute approximate surface area is 166 Å². The molecule has 2 atom stereocenters. The van der Waals surface area contributed by atoms with Gasteiger partial charge in [-0.2, -0.15) is 0 Å². The Kier molecular flexibility index (Phi) is 6.90. The van der Waals surface area contributed by atoms with Crippen LogP contribution in [0.2, 0.25) is 0 Å². The highest BCUT2D eigenvalue weighted by Crippen LogP contribution is 2.38. The Bertz CT molecular complexity index is 791. The first-order valence-corrected chi connectivity index (χ1v) is 10.1. The number of ether oxygens (including phenoxy) is 2. The molecule has 1 aliphatic rings. The zero-order valence-electron chi connectivity index (χ0n) is 16.5. The molecule has 5 heteroatoms. The van der Waals surface area contributed by atoms with Gasteiger partial charge in [0, 0.05) is 17.5 Å². The van der Waals surface area contributed by atoms with Crippen molar-refractivity contribution in [3.63, 3.8) is 0 Å². The average molecular weight is 385 g/mol. The van der Waals surface area contributed by atoms with Gasteiger partial charge in [-0.25, -0.2) is 4.39 Å². The number of carbonyl (C=O) groups is 1. The predicted octanol–water partition coefficient (Wildman–Crippen LogP) is 5.08. The molecule has 1 saturated carbocycles. The van der Waals surface area contributed by atoms with Crippen LogP contribution in [-0.4, -0.2) is 25.2 Å². The molecule has 4 nitrogen and oxygen atoms in total.